The van der Waals surface area contributed by atoms with Gasteiger partial charge < -0.3 is 9.64 Å². The largest absolute Gasteiger partial charge is 0.383 e. The fourth-order valence-corrected chi connectivity index (χ4v) is 3.67. The number of ether oxygens (including phenoxy) is 1. The summed E-state index contributed by atoms with van der Waals surface area (Å²) in [5.41, 5.74) is 5.88. The molecule has 0 bridgehead atoms. The molecule has 4 aromatic rings. The van der Waals surface area contributed by atoms with Gasteiger partial charge in [-0.25, -0.2) is 9.97 Å². The lowest BCUT2D eigenvalue weighted by molar-refractivity contribution is 0.0679. The Hall–Kier alpha value is -3.52. The Kier molecular flexibility index (Phi) is 5.81. The Morgan fingerprint density at radius 1 is 1.16 bits per heavy atom. The number of aromatic nitrogens is 5. The van der Waals surface area contributed by atoms with E-state index < -0.39 is 0 Å². The Balaban J connectivity index is 1.64. The van der Waals surface area contributed by atoms with Crippen LogP contribution in [0.15, 0.2) is 48.9 Å². The number of imidazole rings is 1. The minimum Gasteiger partial charge on any atom is -0.383 e. The van der Waals surface area contributed by atoms with E-state index in [2.05, 4.69) is 15.1 Å². The van der Waals surface area contributed by atoms with E-state index in [0.29, 0.717) is 36.4 Å². The number of para-hydroxylation sites is 1. The second-order valence-corrected chi connectivity index (χ2v) is 7.51. The van der Waals surface area contributed by atoms with Crippen LogP contribution in [0, 0.1) is 13.8 Å². The highest BCUT2D eigenvalue weighted by Gasteiger charge is 2.21. The Morgan fingerprint density at radius 3 is 2.61 bits per heavy atom. The van der Waals surface area contributed by atoms with E-state index >= 15 is 0 Å². The number of hydrogen-bond acceptors (Lipinski definition) is 5. The van der Waals surface area contributed by atoms with Crippen molar-refractivity contribution in [1.82, 2.24) is 29.2 Å². The molecule has 8 heteroatoms. The summed E-state index contributed by atoms with van der Waals surface area (Å²) in [6.45, 7) is 5.36. The number of hydrogen-bond donors (Lipinski definition) is 0. The van der Waals surface area contributed by atoms with Crippen molar-refractivity contribution < 1.29 is 9.53 Å². The number of carbonyl (C=O) groups excluding carboxylic acids is 1. The van der Waals surface area contributed by atoms with E-state index in [9.17, 15) is 4.79 Å². The van der Waals surface area contributed by atoms with Crippen LogP contribution in [-0.4, -0.2) is 55.4 Å². The summed E-state index contributed by atoms with van der Waals surface area (Å²) in [4.78, 5) is 24.2. The zero-order valence-electron chi connectivity index (χ0n) is 18.2. The lowest BCUT2D eigenvalue weighted by Gasteiger charge is -2.22. The van der Waals surface area contributed by atoms with Crippen molar-refractivity contribution in [1.29, 1.82) is 0 Å². The predicted molar refractivity (Wildman–Crippen MR) is 118 cm³/mol. The van der Waals surface area contributed by atoms with Crippen molar-refractivity contribution in [3.8, 4) is 5.69 Å². The van der Waals surface area contributed by atoms with Crippen molar-refractivity contribution in [2.24, 2.45) is 7.05 Å². The van der Waals surface area contributed by atoms with E-state index in [1.54, 1.807) is 30.6 Å². The molecule has 0 unspecified atom stereocenters. The fourth-order valence-electron chi connectivity index (χ4n) is 3.67. The molecule has 1 aromatic carbocycles. The van der Waals surface area contributed by atoms with E-state index in [4.69, 9.17) is 4.74 Å². The molecule has 0 saturated carbocycles. The van der Waals surface area contributed by atoms with Crippen LogP contribution in [0.1, 0.15) is 27.3 Å². The lowest BCUT2D eigenvalue weighted by Crippen LogP contribution is -2.34. The third-order valence-corrected chi connectivity index (χ3v) is 5.53. The first-order valence-electron chi connectivity index (χ1n) is 10.2. The molecule has 1 amide bonds. The molecule has 0 radical (unpaired) electrons. The summed E-state index contributed by atoms with van der Waals surface area (Å²) in [6.07, 6.45) is 3.35. The molecule has 160 valence electrons. The molecule has 3 heterocycles. The normalized spacial score (nSPS) is 11.2. The van der Waals surface area contributed by atoms with Gasteiger partial charge in [0.25, 0.3) is 5.91 Å². The zero-order chi connectivity index (χ0) is 22.0. The number of methoxy groups -OCH3 is 1. The molecule has 4 rings (SSSR count). The number of nitrogens with zero attached hydrogens (tertiary/aromatic N) is 6. The van der Waals surface area contributed by atoms with Crippen LogP contribution >= 0.6 is 0 Å². The van der Waals surface area contributed by atoms with Gasteiger partial charge in [-0.1, -0.05) is 18.2 Å². The van der Waals surface area contributed by atoms with Crippen molar-refractivity contribution in [3.05, 3.63) is 71.4 Å². The van der Waals surface area contributed by atoms with Gasteiger partial charge in [0.2, 0.25) is 0 Å². The second-order valence-electron chi connectivity index (χ2n) is 7.51. The number of pyridine rings is 1. The summed E-state index contributed by atoms with van der Waals surface area (Å²) in [5, 5.41) is 4.47. The molecule has 8 nitrogen and oxygen atoms in total. The average Bonchev–Trinajstić information content (AvgIpc) is 3.31. The third-order valence-electron chi connectivity index (χ3n) is 5.53. The highest BCUT2D eigenvalue weighted by atomic mass is 16.5. The van der Waals surface area contributed by atoms with Crippen LogP contribution in [-0.2, 0) is 18.3 Å². The van der Waals surface area contributed by atoms with E-state index in [-0.39, 0.29) is 5.91 Å². The molecular weight excluding hydrogens is 392 g/mol. The van der Waals surface area contributed by atoms with Crippen molar-refractivity contribution >= 4 is 17.1 Å². The van der Waals surface area contributed by atoms with E-state index in [0.717, 1.165) is 22.6 Å². The molecule has 0 atom stereocenters. The fraction of sp³-hybridized carbons (Fsp3) is 0.304. The van der Waals surface area contributed by atoms with Gasteiger partial charge in [0.05, 0.1) is 17.9 Å². The van der Waals surface area contributed by atoms with Gasteiger partial charge >= 0.3 is 0 Å². The van der Waals surface area contributed by atoms with Gasteiger partial charge in [-0.3, -0.25) is 14.0 Å². The number of benzene rings is 1. The van der Waals surface area contributed by atoms with E-state index in [1.165, 1.54) is 0 Å². The number of carbonyl (C=O) groups is 1. The lowest BCUT2D eigenvalue weighted by atomic mass is 10.1. The SMILES string of the molecule is COCCN(Cc1c(C)nn(C)c1C)C(=O)c1cnc2c(c1)ncn2-c1ccccc1. The van der Waals surface area contributed by atoms with Crippen LogP contribution in [0.3, 0.4) is 0 Å². The van der Waals surface area contributed by atoms with Gasteiger partial charge in [-0.05, 0) is 32.0 Å². The van der Waals surface area contributed by atoms with Gasteiger partial charge in [0.15, 0.2) is 5.65 Å². The molecular formula is C23H26N6O2. The standard InChI is InChI=1S/C23H26N6O2/c1-16-20(17(2)27(3)26-16)14-28(10-11-31-4)23(30)18-12-21-22(24-13-18)29(15-25-21)19-8-6-5-7-9-19/h5-9,12-13,15H,10-11,14H2,1-4H3. The van der Waals surface area contributed by atoms with Crippen LogP contribution in [0.2, 0.25) is 0 Å². The first-order chi connectivity index (χ1) is 15.0. The molecule has 0 N–H and O–H groups in total. The molecule has 0 aliphatic carbocycles. The van der Waals surface area contributed by atoms with Crippen molar-refractivity contribution in [2.75, 3.05) is 20.3 Å². The number of rotatable bonds is 7. The van der Waals surface area contributed by atoms with Crippen LogP contribution in [0.5, 0.6) is 0 Å². The zero-order valence-corrected chi connectivity index (χ0v) is 18.2. The first kappa shape index (κ1) is 20.7. The van der Waals surface area contributed by atoms with Gasteiger partial charge in [-0.15, -0.1) is 0 Å². The summed E-state index contributed by atoms with van der Waals surface area (Å²) in [7, 11) is 3.54. The number of fused-ring (bicyclic) bond motifs is 1. The van der Waals surface area contributed by atoms with Gasteiger partial charge in [0.1, 0.15) is 11.8 Å². The quantitative estimate of drug-likeness (QED) is 0.461. The number of aryl methyl sites for hydroxylation is 2. The maximum Gasteiger partial charge on any atom is 0.255 e. The summed E-state index contributed by atoms with van der Waals surface area (Å²) < 4.78 is 8.99. The van der Waals surface area contributed by atoms with Crippen molar-refractivity contribution in [3.63, 3.8) is 0 Å². The molecule has 0 saturated heterocycles. The first-order valence-corrected chi connectivity index (χ1v) is 10.2. The summed E-state index contributed by atoms with van der Waals surface area (Å²) >= 11 is 0. The minimum atomic E-state index is -0.108. The monoisotopic (exact) mass is 418 g/mol. The van der Waals surface area contributed by atoms with Crippen LogP contribution < -0.4 is 0 Å². The van der Waals surface area contributed by atoms with Crippen LogP contribution in [0.4, 0.5) is 0 Å². The van der Waals surface area contributed by atoms with Crippen molar-refractivity contribution in [2.45, 2.75) is 20.4 Å². The molecule has 0 spiro atoms. The Bertz CT molecular complexity index is 1210. The summed E-state index contributed by atoms with van der Waals surface area (Å²) in [6, 6.07) is 11.7. The molecule has 0 fully saturated rings. The smallest absolute Gasteiger partial charge is 0.255 e. The highest BCUT2D eigenvalue weighted by molar-refractivity contribution is 5.96. The average molecular weight is 419 g/mol. The summed E-state index contributed by atoms with van der Waals surface area (Å²) in [5.74, 6) is -0.108. The number of amides is 1. The van der Waals surface area contributed by atoms with Gasteiger partial charge in [0, 0.05) is 50.4 Å². The second kappa shape index (κ2) is 8.69. The molecule has 31 heavy (non-hydrogen) atoms. The Labute approximate surface area is 181 Å². The van der Waals surface area contributed by atoms with E-state index in [1.807, 2.05) is 60.5 Å². The maximum atomic E-state index is 13.4. The maximum absolute atomic E-state index is 13.4. The molecule has 0 aliphatic rings. The highest BCUT2D eigenvalue weighted by Crippen LogP contribution is 2.20. The predicted octanol–water partition coefficient (Wildman–Crippen LogP) is 3.06. The Morgan fingerprint density at radius 2 is 1.94 bits per heavy atom. The molecule has 3 aromatic heterocycles. The van der Waals surface area contributed by atoms with Crippen LogP contribution in [0.25, 0.3) is 16.9 Å². The molecule has 0 aliphatic heterocycles. The van der Waals surface area contributed by atoms with Gasteiger partial charge in [-0.2, -0.15) is 5.10 Å². The third kappa shape index (κ3) is 4.06. The topological polar surface area (TPSA) is 78.1 Å². The minimum absolute atomic E-state index is 0.108.